The summed E-state index contributed by atoms with van der Waals surface area (Å²) < 4.78 is 0.232. The van der Waals surface area contributed by atoms with Gasteiger partial charge in [-0.2, -0.15) is 5.26 Å². The van der Waals surface area contributed by atoms with Crippen molar-refractivity contribution < 1.29 is 0 Å². The summed E-state index contributed by atoms with van der Waals surface area (Å²) in [4.78, 5) is 2.53. The molecule has 0 amide bonds. The zero-order valence-electron chi connectivity index (χ0n) is 10.6. The molecular weight excluding hydrogens is 335 g/mol. The number of hydrogen-bond donors (Lipinski definition) is 0. The number of nitriles is 1. The van der Waals surface area contributed by atoms with E-state index in [0.717, 1.165) is 38.9 Å². The molecule has 0 N–H and O–H groups in total. The van der Waals surface area contributed by atoms with E-state index in [4.69, 9.17) is 5.26 Å². The first-order chi connectivity index (χ1) is 8.72. The lowest BCUT2D eigenvalue weighted by atomic mass is 9.94. The fourth-order valence-electron chi connectivity index (χ4n) is 2.43. The minimum atomic E-state index is 0.232. The van der Waals surface area contributed by atoms with E-state index in [1.165, 1.54) is 5.56 Å². The van der Waals surface area contributed by atoms with Gasteiger partial charge in [-0.05, 0) is 37.9 Å². The number of alkyl halides is 1. The minimum Gasteiger partial charge on any atom is -0.303 e. The molecule has 1 aliphatic heterocycles. The normalized spacial score (nSPS) is 19.3. The predicted octanol–water partition coefficient (Wildman–Crippen LogP) is 3.41. The summed E-state index contributed by atoms with van der Waals surface area (Å²) in [6, 6.07) is 13.0. The Bertz CT molecular complexity index is 402. The van der Waals surface area contributed by atoms with E-state index in [1.807, 2.05) is 0 Å². The number of halogens is 1. The van der Waals surface area contributed by atoms with Crippen molar-refractivity contribution in [3.8, 4) is 6.07 Å². The maximum absolute atomic E-state index is 8.83. The van der Waals surface area contributed by atoms with Crippen LogP contribution in [-0.2, 0) is 6.42 Å². The van der Waals surface area contributed by atoms with E-state index in [1.54, 1.807) is 0 Å². The first-order valence-electron chi connectivity index (χ1n) is 6.54. The molecule has 96 valence electrons. The number of piperidine rings is 1. The van der Waals surface area contributed by atoms with Gasteiger partial charge in [-0.1, -0.05) is 52.9 Å². The molecule has 1 aromatic rings. The predicted molar refractivity (Wildman–Crippen MR) is 82.8 cm³/mol. The third kappa shape index (κ3) is 3.96. The number of hydrogen-bond acceptors (Lipinski definition) is 2. The van der Waals surface area contributed by atoms with Crippen molar-refractivity contribution in [2.45, 2.75) is 29.1 Å². The lowest BCUT2D eigenvalue weighted by Gasteiger charge is -2.36. The maximum Gasteiger partial charge on any atom is 0.0635 e. The fraction of sp³-hybridized carbons (Fsp3) is 0.533. The molecule has 0 atom stereocenters. The highest BCUT2D eigenvalue weighted by molar-refractivity contribution is 14.1. The van der Waals surface area contributed by atoms with Crippen LogP contribution in [0.15, 0.2) is 30.3 Å². The molecule has 1 aromatic carbocycles. The summed E-state index contributed by atoms with van der Waals surface area (Å²) in [5.74, 6) is 0. The van der Waals surface area contributed by atoms with Crippen LogP contribution in [0.4, 0.5) is 0 Å². The first kappa shape index (κ1) is 13.8. The standard InChI is InChI=1S/C15H19IN2/c16-15(7-10-17)8-12-18(13-9-15)11-6-14-4-2-1-3-5-14/h1-5H,6-9,11-13H2. The second-order valence-electron chi connectivity index (χ2n) is 5.06. The van der Waals surface area contributed by atoms with Gasteiger partial charge >= 0.3 is 0 Å². The van der Waals surface area contributed by atoms with Crippen LogP contribution in [0, 0.1) is 11.3 Å². The average molecular weight is 354 g/mol. The van der Waals surface area contributed by atoms with Gasteiger partial charge in [0.25, 0.3) is 0 Å². The Morgan fingerprint density at radius 1 is 1.22 bits per heavy atom. The number of likely N-dealkylation sites (tertiary alicyclic amines) is 1. The van der Waals surface area contributed by atoms with Gasteiger partial charge in [0.2, 0.25) is 0 Å². The van der Waals surface area contributed by atoms with Crippen LogP contribution in [0.3, 0.4) is 0 Å². The van der Waals surface area contributed by atoms with Crippen molar-refractivity contribution in [3.63, 3.8) is 0 Å². The summed E-state index contributed by atoms with van der Waals surface area (Å²) in [5.41, 5.74) is 1.42. The van der Waals surface area contributed by atoms with E-state index in [2.05, 4.69) is 63.9 Å². The maximum atomic E-state index is 8.83. The van der Waals surface area contributed by atoms with Gasteiger partial charge in [-0.25, -0.2) is 0 Å². The molecule has 1 fully saturated rings. The first-order valence-corrected chi connectivity index (χ1v) is 7.62. The number of benzene rings is 1. The molecule has 0 saturated carbocycles. The van der Waals surface area contributed by atoms with E-state index in [9.17, 15) is 0 Å². The van der Waals surface area contributed by atoms with Gasteiger partial charge in [0.05, 0.1) is 6.07 Å². The van der Waals surface area contributed by atoms with Crippen LogP contribution in [0.25, 0.3) is 0 Å². The molecule has 1 saturated heterocycles. The van der Waals surface area contributed by atoms with Crippen LogP contribution >= 0.6 is 22.6 Å². The molecule has 0 bridgehead atoms. The molecule has 2 nitrogen and oxygen atoms in total. The lowest BCUT2D eigenvalue weighted by Crippen LogP contribution is -2.41. The molecule has 0 radical (unpaired) electrons. The molecule has 0 unspecified atom stereocenters. The van der Waals surface area contributed by atoms with Crippen molar-refractivity contribution in [3.05, 3.63) is 35.9 Å². The van der Waals surface area contributed by atoms with Gasteiger partial charge in [0, 0.05) is 16.4 Å². The van der Waals surface area contributed by atoms with Gasteiger partial charge < -0.3 is 4.90 Å². The van der Waals surface area contributed by atoms with E-state index in [-0.39, 0.29) is 3.42 Å². The Morgan fingerprint density at radius 3 is 2.50 bits per heavy atom. The highest BCUT2D eigenvalue weighted by Gasteiger charge is 2.31. The van der Waals surface area contributed by atoms with E-state index < -0.39 is 0 Å². The van der Waals surface area contributed by atoms with E-state index >= 15 is 0 Å². The minimum absolute atomic E-state index is 0.232. The second kappa shape index (κ2) is 6.53. The Balaban J connectivity index is 1.76. The van der Waals surface area contributed by atoms with Crippen LogP contribution < -0.4 is 0 Å². The molecule has 0 aromatic heterocycles. The van der Waals surface area contributed by atoms with Crippen LogP contribution in [0.1, 0.15) is 24.8 Å². The molecule has 0 spiro atoms. The molecule has 18 heavy (non-hydrogen) atoms. The number of nitrogens with zero attached hydrogens (tertiary/aromatic N) is 2. The monoisotopic (exact) mass is 354 g/mol. The van der Waals surface area contributed by atoms with Crippen LogP contribution in [-0.4, -0.2) is 28.0 Å². The highest BCUT2D eigenvalue weighted by atomic mass is 127. The quantitative estimate of drug-likeness (QED) is 0.612. The van der Waals surface area contributed by atoms with Gasteiger partial charge in [-0.3, -0.25) is 0 Å². The van der Waals surface area contributed by atoms with Gasteiger partial charge in [0.1, 0.15) is 0 Å². The summed E-state index contributed by atoms with van der Waals surface area (Å²) in [6.45, 7) is 3.41. The summed E-state index contributed by atoms with van der Waals surface area (Å²) in [7, 11) is 0. The third-order valence-electron chi connectivity index (χ3n) is 3.71. The largest absolute Gasteiger partial charge is 0.303 e. The Morgan fingerprint density at radius 2 is 1.89 bits per heavy atom. The zero-order valence-corrected chi connectivity index (χ0v) is 12.8. The Labute approximate surface area is 123 Å². The summed E-state index contributed by atoms with van der Waals surface area (Å²) in [6.07, 6.45) is 4.12. The summed E-state index contributed by atoms with van der Waals surface area (Å²) in [5, 5.41) is 8.83. The van der Waals surface area contributed by atoms with Crippen LogP contribution in [0.5, 0.6) is 0 Å². The van der Waals surface area contributed by atoms with Crippen molar-refractivity contribution in [1.29, 1.82) is 5.26 Å². The molecule has 2 rings (SSSR count). The highest BCUT2D eigenvalue weighted by Crippen LogP contribution is 2.34. The zero-order chi connectivity index (χ0) is 12.8. The van der Waals surface area contributed by atoms with Crippen molar-refractivity contribution in [1.82, 2.24) is 4.90 Å². The van der Waals surface area contributed by atoms with Crippen molar-refractivity contribution in [2.75, 3.05) is 19.6 Å². The molecular formula is C15H19IN2. The fourth-order valence-corrected chi connectivity index (χ4v) is 3.08. The van der Waals surface area contributed by atoms with Gasteiger partial charge in [0.15, 0.2) is 0 Å². The smallest absolute Gasteiger partial charge is 0.0635 e. The molecule has 1 aliphatic rings. The number of rotatable bonds is 4. The third-order valence-corrected chi connectivity index (χ3v) is 5.17. The Hall–Kier alpha value is -0.600. The lowest BCUT2D eigenvalue weighted by molar-refractivity contribution is 0.209. The molecule has 0 aliphatic carbocycles. The topological polar surface area (TPSA) is 27.0 Å². The summed E-state index contributed by atoms with van der Waals surface area (Å²) >= 11 is 2.49. The molecule has 3 heteroatoms. The average Bonchev–Trinajstić information content (AvgIpc) is 2.40. The van der Waals surface area contributed by atoms with Gasteiger partial charge in [-0.15, -0.1) is 0 Å². The van der Waals surface area contributed by atoms with Crippen molar-refractivity contribution >= 4 is 22.6 Å². The van der Waals surface area contributed by atoms with Crippen molar-refractivity contribution in [2.24, 2.45) is 0 Å². The second-order valence-corrected chi connectivity index (χ2v) is 7.35. The van der Waals surface area contributed by atoms with E-state index in [0.29, 0.717) is 6.42 Å². The Kier molecular flexibility index (Phi) is 5.02. The SMILES string of the molecule is N#CCC1(I)CCN(CCc2ccccc2)CC1. The molecule has 1 heterocycles. The van der Waals surface area contributed by atoms with Crippen LogP contribution in [0.2, 0.25) is 0 Å².